The molecule has 30 heavy (non-hydrogen) atoms. The summed E-state index contributed by atoms with van der Waals surface area (Å²) in [6.45, 7) is 4.08. The molecule has 0 saturated heterocycles. The fraction of sp³-hybridized carbons (Fsp3) is 0.273. The number of hydrogen-bond donors (Lipinski definition) is 2. The van der Waals surface area contributed by atoms with Crippen molar-refractivity contribution in [2.75, 3.05) is 13.2 Å². The number of nitrogens with two attached hydrogens (primary N) is 1. The molecule has 0 fully saturated rings. The van der Waals surface area contributed by atoms with Gasteiger partial charge in [0.05, 0.1) is 11.3 Å². The summed E-state index contributed by atoms with van der Waals surface area (Å²) in [5.74, 6) is 5.06. The molecule has 0 aliphatic carbocycles. The molecule has 3 N–H and O–H groups in total. The molecule has 2 unspecified atom stereocenters. The van der Waals surface area contributed by atoms with E-state index in [0.717, 1.165) is 5.56 Å². The van der Waals surface area contributed by atoms with Crippen LogP contribution in [0.4, 0.5) is 4.39 Å². The van der Waals surface area contributed by atoms with Crippen molar-refractivity contribution in [3.8, 4) is 17.6 Å². The number of aliphatic imine (C=N–C) groups is 1. The molecule has 7 nitrogen and oxygen atoms in total. The molecule has 4 rings (SSSR count). The molecule has 8 heteroatoms. The summed E-state index contributed by atoms with van der Waals surface area (Å²) < 4.78 is 22.1. The maximum Gasteiger partial charge on any atom is 0.329 e. The first-order valence-electron chi connectivity index (χ1n) is 9.39. The minimum atomic E-state index is -1.57. The van der Waals surface area contributed by atoms with Crippen molar-refractivity contribution < 1.29 is 23.6 Å². The van der Waals surface area contributed by atoms with Crippen LogP contribution in [0.2, 0.25) is 0 Å². The van der Waals surface area contributed by atoms with Gasteiger partial charge in [0.2, 0.25) is 0 Å². The highest BCUT2D eigenvalue weighted by Crippen LogP contribution is 2.28. The molecular weight excluding hydrogens is 387 g/mol. The summed E-state index contributed by atoms with van der Waals surface area (Å²) in [6.07, 6.45) is 3.19. The Bertz CT molecular complexity index is 1170. The standard InChI is InChI=1S/C22H19FN4O3/c1-13-4-3-7-25-19(13)22(2,29)6-5-14-10-15-18(11-16(14)23)30-9-8-27-12-17(20(24)28)26-21(15)27/h3-4,7,10-12,17,29H,8-9H2,1-2H3,(H-,24,28)/p+1. The van der Waals surface area contributed by atoms with Crippen LogP contribution < -0.4 is 10.5 Å². The number of halogens is 1. The lowest BCUT2D eigenvalue weighted by molar-refractivity contribution is -0.399. The van der Waals surface area contributed by atoms with Gasteiger partial charge < -0.3 is 15.6 Å². The van der Waals surface area contributed by atoms with Crippen LogP contribution >= 0.6 is 0 Å². The number of primary amides is 1. The summed E-state index contributed by atoms with van der Waals surface area (Å²) >= 11 is 0. The lowest BCUT2D eigenvalue weighted by atomic mass is 9.97. The Morgan fingerprint density at radius 1 is 1.47 bits per heavy atom. The van der Waals surface area contributed by atoms with E-state index in [4.69, 9.17) is 10.5 Å². The number of aromatic nitrogens is 1. The van der Waals surface area contributed by atoms with E-state index < -0.39 is 23.4 Å². The molecular formula is C22H20FN4O3+. The second-order valence-electron chi connectivity index (χ2n) is 7.31. The Balaban J connectivity index is 1.77. The highest BCUT2D eigenvalue weighted by molar-refractivity contribution is 6.07. The summed E-state index contributed by atoms with van der Waals surface area (Å²) in [6, 6.07) is 5.55. The zero-order valence-electron chi connectivity index (χ0n) is 16.5. The third-order valence-corrected chi connectivity index (χ3v) is 4.96. The summed E-state index contributed by atoms with van der Waals surface area (Å²) in [5.41, 5.74) is 5.56. The molecule has 1 amide bonds. The predicted octanol–water partition coefficient (Wildman–Crippen LogP) is 0.878. The monoisotopic (exact) mass is 407 g/mol. The van der Waals surface area contributed by atoms with E-state index in [-0.39, 0.29) is 5.56 Å². The average molecular weight is 407 g/mol. The second-order valence-corrected chi connectivity index (χ2v) is 7.31. The average Bonchev–Trinajstić information content (AvgIpc) is 3.05. The third-order valence-electron chi connectivity index (χ3n) is 4.96. The first kappa shape index (κ1) is 19.7. The van der Waals surface area contributed by atoms with Crippen molar-refractivity contribution in [3.05, 3.63) is 58.7 Å². The van der Waals surface area contributed by atoms with Gasteiger partial charge in [-0.15, -0.1) is 0 Å². The van der Waals surface area contributed by atoms with Crippen LogP contribution in [0.15, 0.2) is 35.5 Å². The van der Waals surface area contributed by atoms with E-state index in [0.29, 0.717) is 36.0 Å². The second kappa shape index (κ2) is 7.35. The van der Waals surface area contributed by atoms with Crippen LogP contribution in [0.3, 0.4) is 0 Å². The Labute approximate surface area is 172 Å². The van der Waals surface area contributed by atoms with Crippen molar-refractivity contribution in [3.63, 3.8) is 0 Å². The molecule has 3 heterocycles. The van der Waals surface area contributed by atoms with Gasteiger partial charge in [0.15, 0.2) is 5.60 Å². The number of carbonyl (C=O) groups is 1. The number of pyridine rings is 1. The van der Waals surface area contributed by atoms with Crippen molar-refractivity contribution in [1.29, 1.82) is 0 Å². The Hall–Kier alpha value is -3.57. The number of amides is 1. The van der Waals surface area contributed by atoms with Gasteiger partial charge in [0.25, 0.3) is 11.9 Å². The highest BCUT2D eigenvalue weighted by atomic mass is 19.1. The molecule has 152 valence electrons. The van der Waals surface area contributed by atoms with Gasteiger partial charge in [-0.05, 0) is 31.5 Å². The molecule has 0 saturated carbocycles. The molecule has 0 bridgehead atoms. The number of fused-ring (bicyclic) bond motifs is 3. The maximum atomic E-state index is 14.7. The van der Waals surface area contributed by atoms with Gasteiger partial charge >= 0.3 is 5.84 Å². The van der Waals surface area contributed by atoms with Gasteiger partial charge in [0, 0.05) is 12.3 Å². The molecule has 2 aromatic rings. The van der Waals surface area contributed by atoms with Crippen molar-refractivity contribution in [2.45, 2.75) is 25.5 Å². The topological polar surface area (TPSA) is 101 Å². The summed E-state index contributed by atoms with van der Waals surface area (Å²) in [5, 5.41) is 10.8. The number of rotatable bonds is 2. The number of nitrogens with zero attached hydrogens (tertiary/aromatic N) is 3. The smallest absolute Gasteiger partial charge is 0.329 e. The number of amidine groups is 1. The van der Waals surface area contributed by atoms with E-state index in [2.05, 4.69) is 21.8 Å². The number of carbonyl (C=O) groups excluding carboxylic acids is 1. The Morgan fingerprint density at radius 2 is 2.27 bits per heavy atom. The molecule has 1 aromatic carbocycles. The minimum Gasteiger partial charge on any atom is -0.488 e. The fourth-order valence-corrected chi connectivity index (χ4v) is 3.46. The van der Waals surface area contributed by atoms with Gasteiger partial charge in [-0.3, -0.25) is 9.78 Å². The van der Waals surface area contributed by atoms with Crippen LogP contribution in [0.5, 0.6) is 5.75 Å². The first-order valence-corrected chi connectivity index (χ1v) is 9.39. The zero-order valence-corrected chi connectivity index (χ0v) is 16.5. The van der Waals surface area contributed by atoms with E-state index in [1.54, 1.807) is 23.1 Å². The molecule has 1 aromatic heterocycles. The van der Waals surface area contributed by atoms with Crippen molar-refractivity contribution in [1.82, 2.24) is 4.98 Å². The van der Waals surface area contributed by atoms with Crippen LogP contribution in [0.1, 0.15) is 29.3 Å². The Kier molecular flexibility index (Phi) is 4.84. The van der Waals surface area contributed by atoms with E-state index in [1.807, 2.05) is 13.0 Å². The number of aliphatic hydroxyl groups is 1. The first-order chi connectivity index (χ1) is 14.3. The van der Waals surface area contributed by atoms with Crippen LogP contribution in [-0.2, 0) is 10.4 Å². The summed E-state index contributed by atoms with van der Waals surface area (Å²) in [7, 11) is 0. The van der Waals surface area contributed by atoms with E-state index >= 15 is 0 Å². The molecule has 2 aliphatic rings. The molecule has 2 aliphatic heterocycles. The van der Waals surface area contributed by atoms with Crippen LogP contribution in [0.25, 0.3) is 0 Å². The minimum absolute atomic E-state index is 0.0679. The molecule has 2 atom stereocenters. The van der Waals surface area contributed by atoms with Gasteiger partial charge in [0.1, 0.15) is 36.5 Å². The van der Waals surface area contributed by atoms with Gasteiger partial charge in [-0.2, -0.15) is 0 Å². The number of hydrogen-bond acceptors (Lipinski definition) is 5. The highest BCUT2D eigenvalue weighted by Gasteiger charge is 2.37. The van der Waals surface area contributed by atoms with E-state index in [9.17, 15) is 14.3 Å². The number of ether oxygens (including phenoxy) is 1. The maximum absolute atomic E-state index is 14.7. The predicted molar refractivity (Wildman–Crippen MR) is 108 cm³/mol. The normalized spacial score (nSPS) is 19.0. The van der Waals surface area contributed by atoms with Crippen molar-refractivity contribution in [2.24, 2.45) is 10.7 Å². The molecule has 0 radical (unpaired) electrons. The third kappa shape index (κ3) is 3.55. The fourth-order valence-electron chi connectivity index (χ4n) is 3.46. The van der Waals surface area contributed by atoms with Gasteiger partial charge in [-0.25, -0.2) is 8.97 Å². The van der Waals surface area contributed by atoms with Crippen LogP contribution in [0, 0.1) is 24.6 Å². The lowest BCUT2D eigenvalue weighted by Gasteiger charge is -2.17. The number of aryl methyl sites for hydroxylation is 1. The number of benzene rings is 1. The quantitative estimate of drug-likeness (QED) is 0.570. The SMILES string of the molecule is Cc1cccnc1C(C)(O)C#Cc1cc2c(cc1F)OCC[N+]1=CC(C(N)=O)N=C21. The van der Waals surface area contributed by atoms with E-state index in [1.165, 1.54) is 19.1 Å². The Morgan fingerprint density at radius 3 is 3.00 bits per heavy atom. The van der Waals surface area contributed by atoms with Crippen molar-refractivity contribution >= 4 is 18.0 Å². The summed E-state index contributed by atoms with van der Waals surface area (Å²) in [4.78, 5) is 20.1. The van der Waals surface area contributed by atoms with Gasteiger partial charge in [-0.1, -0.05) is 22.9 Å². The zero-order chi connectivity index (χ0) is 21.5. The molecule has 0 spiro atoms. The largest absolute Gasteiger partial charge is 0.488 e. The lowest BCUT2D eigenvalue weighted by Crippen LogP contribution is -2.28. The van der Waals surface area contributed by atoms with Crippen LogP contribution in [-0.4, -0.2) is 51.8 Å².